The first-order valence-electron chi connectivity index (χ1n) is 6.49. The van der Waals surface area contributed by atoms with Gasteiger partial charge in [0.25, 0.3) is 0 Å². The Kier molecular flexibility index (Phi) is 3.87. The van der Waals surface area contributed by atoms with Crippen LogP contribution in [0.25, 0.3) is 5.69 Å². The number of aryl methyl sites for hydroxylation is 1. The predicted molar refractivity (Wildman–Crippen MR) is 81.6 cm³/mol. The van der Waals surface area contributed by atoms with Gasteiger partial charge in [-0.2, -0.15) is 4.68 Å². The number of rotatable bonds is 4. The molecule has 1 heterocycles. The molecule has 0 unspecified atom stereocenters. The highest BCUT2D eigenvalue weighted by molar-refractivity contribution is 7.98. The first-order valence-corrected chi connectivity index (χ1v) is 7.48. The first kappa shape index (κ1) is 13.6. The topological polar surface area (TPSA) is 63.8 Å². The summed E-state index contributed by atoms with van der Waals surface area (Å²) in [5.74, 6) is 1.03. The van der Waals surface area contributed by atoms with Crippen LogP contribution in [-0.4, -0.2) is 25.3 Å². The Hall–Kier alpha value is -2.34. The monoisotopic (exact) mass is 298 g/mol. The van der Waals surface area contributed by atoms with E-state index in [9.17, 15) is 5.11 Å². The number of phenolic OH excluding ortho intramolecular Hbond substituents is 1. The van der Waals surface area contributed by atoms with Crippen LogP contribution in [0.4, 0.5) is 0 Å². The summed E-state index contributed by atoms with van der Waals surface area (Å²) < 4.78 is 1.67. The highest BCUT2D eigenvalue weighted by atomic mass is 32.2. The average Bonchev–Trinajstić information content (AvgIpc) is 2.96. The van der Waals surface area contributed by atoms with Crippen LogP contribution < -0.4 is 0 Å². The number of hydrogen-bond acceptors (Lipinski definition) is 5. The van der Waals surface area contributed by atoms with Gasteiger partial charge in [0.15, 0.2) is 0 Å². The molecule has 5 nitrogen and oxygen atoms in total. The Balaban J connectivity index is 1.80. The highest BCUT2D eigenvalue weighted by Gasteiger charge is 2.09. The van der Waals surface area contributed by atoms with E-state index in [0.29, 0.717) is 0 Å². The summed E-state index contributed by atoms with van der Waals surface area (Å²) in [6, 6.07) is 15.1. The van der Waals surface area contributed by atoms with Crippen LogP contribution in [0.15, 0.2) is 53.7 Å². The van der Waals surface area contributed by atoms with Gasteiger partial charge in [-0.25, -0.2) is 0 Å². The van der Waals surface area contributed by atoms with E-state index >= 15 is 0 Å². The van der Waals surface area contributed by atoms with Crippen molar-refractivity contribution in [3.05, 3.63) is 59.7 Å². The van der Waals surface area contributed by atoms with Gasteiger partial charge in [0.1, 0.15) is 5.75 Å². The number of thioether (sulfide) groups is 1. The second-order valence-corrected chi connectivity index (χ2v) is 5.55. The lowest BCUT2D eigenvalue weighted by Crippen LogP contribution is -1.99. The van der Waals surface area contributed by atoms with E-state index in [1.807, 2.05) is 12.1 Å². The summed E-state index contributed by atoms with van der Waals surface area (Å²) in [5, 5.41) is 21.9. The van der Waals surface area contributed by atoms with E-state index in [-0.39, 0.29) is 5.75 Å². The molecule has 0 atom stereocenters. The molecule has 1 N–H and O–H groups in total. The maximum atomic E-state index is 9.34. The fourth-order valence-electron chi connectivity index (χ4n) is 1.94. The van der Waals surface area contributed by atoms with Crippen molar-refractivity contribution < 1.29 is 5.11 Å². The van der Waals surface area contributed by atoms with Crippen molar-refractivity contribution in [2.75, 3.05) is 0 Å². The maximum Gasteiger partial charge on any atom is 0.214 e. The van der Waals surface area contributed by atoms with E-state index in [4.69, 9.17) is 0 Å². The van der Waals surface area contributed by atoms with Gasteiger partial charge in [-0.15, -0.1) is 5.10 Å². The summed E-state index contributed by atoms with van der Waals surface area (Å²) in [7, 11) is 0. The lowest BCUT2D eigenvalue weighted by atomic mass is 10.1. The molecule has 3 aromatic rings. The molecule has 2 aromatic carbocycles. The Labute approximate surface area is 126 Å². The van der Waals surface area contributed by atoms with E-state index in [1.54, 1.807) is 40.7 Å². The zero-order valence-electron chi connectivity index (χ0n) is 11.5. The van der Waals surface area contributed by atoms with Gasteiger partial charge >= 0.3 is 0 Å². The number of benzene rings is 2. The summed E-state index contributed by atoms with van der Waals surface area (Å²) in [4.78, 5) is 0. The fraction of sp³-hybridized carbons (Fsp3) is 0.133. The van der Waals surface area contributed by atoms with Crippen LogP contribution in [-0.2, 0) is 5.75 Å². The number of nitrogens with zero attached hydrogens (tertiary/aromatic N) is 4. The van der Waals surface area contributed by atoms with Crippen molar-refractivity contribution in [2.24, 2.45) is 0 Å². The Bertz CT molecular complexity index is 739. The van der Waals surface area contributed by atoms with E-state index in [1.165, 1.54) is 11.1 Å². The SMILES string of the molecule is Cc1ccccc1CSc1nnnn1-c1ccc(O)cc1. The van der Waals surface area contributed by atoms with Gasteiger partial charge in [-0.1, -0.05) is 36.0 Å². The lowest BCUT2D eigenvalue weighted by Gasteiger charge is -2.06. The van der Waals surface area contributed by atoms with Gasteiger partial charge in [0.05, 0.1) is 5.69 Å². The van der Waals surface area contributed by atoms with E-state index in [0.717, 1.165) is 16.6 Å². The highest BCUT2D eigenvalue weighted by Crippen LogP contribution is 2.24. The van der Waals surface area contributed by atoms with Crippen molar-refractivity contribution in [1.82, 2.24) is 20.2 Å². The van der Waals surface area contributed by atoms with Gasteiger partial charge in [0, 0.05) is 5.75 Å². The Morgan fingerprint density at radius 3 is 2.62 bits per heavy atom. The van der Waals surface area contributed by atoms with Crippen molar-refractivity contribution in [2.45, 2.75) is 17.8 Å². The van der Waals surface area contributed by atoms with Crippen molar-refractivity contribution in [3.63, 3.8) is 0 Å². The molecule has 0 saturated heterocycles. The van der Waals surface area contributed by atoms with Crippen molar-refractivity contribution in [3.8, 4) is 11.4 Å². The molecule has 6 heteroatoms. The zero-order chi connectivity index (χ0) is 14.7. The first-order chi connectivity index (χ1) is 10.2. The Morgan fingerprint density at radius 2 is 1.86 bits per heavy atom. The minimum Gasteiger partial charge on any atom is -0.508 e. The molecule has 106 valence electrons. The van der Waals surface area contributed by atoms with Crippen LogP contribution in [0.2, 0.25) is 0 Å². The van der Waals surface area contributed by atoms with Crippen molar-refractivity contribution >= 4 is 11.8 Å². The molecule has 0 amide bonds. The molecule has 0 aliphatic rings. The quantitative estimate of drug-likeness (QED) is 0.750. The fourth-order valence-corrected chi connectivity index (χ4v) is 2.91. The van der Waals surface area contributed by atoms with Crippen LogP contribution in [0.5, 0.6) is 5.75 Å². The molecule has 0 bridgehead atoms. The second-order valence-electron chi connectivity index (χ2n) is 4.60. The average molecular weight is 298 g/mol. The summed E-state index contributed by atoms with van der Waals surface area (Å²) >= 11 is 1.58. The predicted octanol–water partition coefficient (Wildman–Crippen LogP) is 2.97. The molecule has 0 aliphatic heterocycles. The third kappa shape index (κ3) is 3.05. The number of hydrogen-bond donors (Lipinski definition) is 1. The summed E-state index contributed by atoms with van der Waals surface area (Å²) in [6.45, 7) is 2.10. The minimum atomic E-state index is 0.223. The normalized spacial score (nSPS) is 10.7. The molecular formula is C15H14N4OS. The van der Waals surface area contributed by atoms with E-state index < -0.39 is 0 Å². The summed E-state index contributed by atoms with van der Waals surface area (Å²) in [6.07, 6.45) is 0. The minimum absolute atomic E-state index is 0.223. The number of aromatic hydroxyl groups is 1. The molecule has 1 aromatic heterocycles. The van der Waals surface area contributed by atoms with Crippen molar-refractivity contribution in [1.29, 1.82) is 0 Å². The standard InChI is InChI=1S/C15H14N4OS/c1-11-4-2-3-5-12(11)10-21-15-16-17-18-19(15)13-6-8-14(20)9-7-13/h2-9,20H,10H2,1H3. The third-order valence-electron chi connectivity index (χ3n) is 3.15. The molecular weight excluding hydrogens is 284 g/mol. The molecule has 0 fully saturated rings. The van der Waals surface area contributed by atoms with Crippen LogP contribution >= 0.6 is 11.8 Å². The molecule has 0 radical (unpaired) electrons. The molecule has 0 spiro atoms. The number of phenols is 1. The van der Waals surface area contributed by atoms with Crippen LogP contribution in [0, 0.1) is 6.92 Å². The smallest absolute Gasteiger partial charge is 0.214 e. The van der Waals surface area contributed by atoms with Gasteiger partial charge in [0.2, 0.25) is 5.16 Å². The molecule has 0 saturated carbocycles. The molecule has 21 heavy (non-hydrogen) atoms. The second kappa shape index (κ2) is 5.97. The largest absolute Gasteiger partial charge is 0.508 e. The lowest BCUT2D eigenvalue weighted by molar-refractivity contribution is 0.475. The Morgan fingerprint density at radius 1 is 1.10 bits per heavy atom. The van der Waals surface area contributed by atoms with Gasteiger partial charge in [-0.3, -0.25) is 0 Å². The number of tetrazole rings is 1. The van der Waals surface area contributed by atoms with Gasteiger partial charge in [-0.05, 0) is 52.7 Å². The summed E-state index contributed by atoms with van der Waals surface area (Å²) in [5.41, 5.74) is 3.35. The van der Waals surface area contributed by atoms with Crippen LogP contribution in [0.1, 0.15) is 11.1 Å². The van der Waals surface area contributed by atoms with Crippen LogP contribution in [0.3, 0.4) is 0 Å². The molecule has 3 rings (SSSR count). The zero-order valence-corrected chi connectivity index (χ0v) is 12.3. The van der Waals surface area contributed by atoms with Gasteiger partial charge < -0.3 is 5.11 Å². The molecule has 0 aliphatic carbocycles. The van der Waals surface area contributed by atoms with E-state index in [2.05, 4.69) is 34.6 Å². The third-order valence-corrected chi connectivity index (χ3v) is 4.12. The maximum absolute atomic E-state index is 9.34. The number of aromatic nitrogens is 4.